The van der Waals surface area contributed by atoms with Crippen LogP contribution < -0.4 is 5.32 Å². The molecule has 0 unspecified atom stereocenters. The van der Waals surface area contributed by atoms with Crippen molar-refractivity contribution in [2.45, 2.75) is 0 Å². The Bertz CT molecular complexity index is 2380. The number of rotatable bonds is 3. The van der Waals surface area contributed by atoms with E-state index in [0.717, 1.165) is 28.2 Å². The van der Waals surface area contributed by atoms with Crippen molar-refractivity contribution in [1.29, 1.82) is 0 Å². The van der Waals surface area contributed by atoms with Gasteiger partial charge in [0.05, 0.1) is 15.7 Å². The fraction of sp³-hybridized carbons (Fsp3) is 0.0270. The molecule has 0 fully saturated rings. The number of para-hydroxylation sites is 1. The number of aromatic nitrogens is 4. The third kappa shape index (κ3) is 3.94. The number of fused-ring (bicyclic) bond motifs is 7. The molecule has 0 saturated heterocycles. The van der Waals surface area contributed by atoms with Crippen LogP contribution in [0, 0.1) is 0 Å². The summed E-state index contributed by atoms with van der Waals surface area (Å²) >= 11 is 1.84. The number of nitrogens with one attached hydrogen (secondary N) is 1. The van der Waals surface area contributed by atoms with E-state index in [4.69, 9.17) is 19.9 Å². The lowest BCUT2D eigenvalue weighted by Crippen LogP contribution is -2.33. The highest BCUT2D eigenvalue weighted by molar-refractivity contribution is 7.26. The molecule has 0 amide bonds. The molecule has 0 bridgehead atoms. The predicted octanol–water partition coefficient (Wildman–Crippen LogP) is 8.53. The van der Waals surface area contributed by atoms with Crippen molar-refractivity contribution in [2.75, 3.05) is 6.54 Å². The summed E-state index contributed by atoms with van der Waals surface area (Å²) in [7, 11) is 0. The third-order valence-corrected chi connectivity index (χ3v) is 9.35. The molecule has 4 heterocycles. The molecule has 8 aromatic rings. The van der Waals surface area contributed by atoms with Crippen molar-refractivity contribution in [3.05, 3.63) is 133 Å². The second kappa shape index (κ2) is 9.97. The van der Waals surface area contributed by atoms with Gasteiger partial charge in [0.15, 0.2) is 17.5 Å². The van der Waals surface area contributed by atoms with Crippen molar-refractivity contribution in [3.63, 3.8) is 0 Å². The van der Waals surface area contributed by atoms with Crippen LogP contribution in [-0.2, 0) is 0 Å². The molecule has 1 N–H and O–H groups in total. The van der Waals surface area contributed by atoms with Gasteiger partial charge in [-0.25, -0.2) is 19.9 Å². The molecule has 0 aliphatic carbocycles. The molecule has 9 rings (SSSR count). The number of hydrogen-bond acceptors (Lipinski definition) is 6. The van der Waals surface area contributed by atoms with Gasteiger partial charge in [0.25, 0.3) is 0 Å². The van der Waals surface area contributed by atoms with E-state index < -0.39 is 0 Å². The van der Waals surface area contributed by atoms with Crippen molar-refractivity contribution in [2.24, 2.45) is 4.99 Å². The number of nitrogens with zero attached hydrogens (tertiary/aromatic N) is 5. The second-order valence-corrected chi connectivity index (χ2v) is 11.8. The van der Waals surface area contributed by atoms with Crippen LogP contribution in [0.5, 0.6) is 0 Å². The van der Waals surface area contributed by atoms with Gasteiger partial charge < -0.3 is 5.32 Å². The van der Waals surface area contributed by atoms with E-state index in [1.165, 1.54) is 36.5 Å². The lowest BCUT2D eigenvalue weighted by atomic mass is 10.1. The van der Waals surface area contributed by atoms with Crippen molar-refractivity contribution < 1.29 is 0 Å². The molecule has 0 radical (unpaired) electrons. The van der Waals surface area contributed by atoms with Crippen LogP contribution in [0.2, 0.25) is 0 Å². The van der Waals surface area contributed by atoms with E-state index in [0.29, 0.717) is 24.0 Å². The van der Waals surface area contributed by atoms with E-state index in [9.17, 15) is 0 Å². The van der Waals surface area contributed by atoms with Crippen LogP contribution in [0.3, 0.4) is 0 Å². The highest BCUT2D eigenvalue weighted by atomic mass is 32.1. The first-order valence-electron chi connectivity index (χ1n) is 14.5. The zero-order valence-corrected chi connectivity index (χ0v) is 24.3. The average Bonchev–Trinajstić information content (AvgIpc) is 3.65. The minimum absolute atomic E-state index is 0.529. The lowest BCUT2D eigenvalue weighted by molar-refractivity contribution is 0.939. The zero-order valence-electron chi connectivity index (χ0n) is 23.5. The molecule has 6 nitrogen and oxygen atoms in total. The summed E-state index contributed by atoms with van der Waals surface area (Å²) in [5.74, 6) is 2.67. The predicted molar refractivity (Wildman–Crippen MR) is 182 cm³/mol. The Morgan fingerprint density at radius 3 is 1.89 bits per heavy atom. The van der Waals surface area contributed by atoms with Crippen molar-refractivity contribution >= 4 is 64.8 Å². The maximum atomic E-state index is 5.01. The SMILES string of the molecule is C1=C(c2nc(-c3ccccc3)nc(-c3ccccc3)n2)CNC(n2c3ccccc3c3ccc4c5ccccc5sc4c32)=N1. The summed E-state index contributed by atoms with van der Waals surface area (Å²) in [6.45, 7) is 0.529. The van der Waals surface area contributed by atoms with Gasteiger partial charge in [0.1, 0.15) is 0 Å². The van der Waals surface area contributed by atoms with Crippen LogP contribution in [0.1, 0.15) is 5.82 Å². The summed E-state index contributed by atoms with van der Waals surface area (Å²) in [5, 5.41) is 8.59. The molecule has 1 aliphatic rings. The van der Waals surface area contributed by atoms with Crippen molar-refractivity contribution in [1.82, 2.24) is 24.8 Å². The normalized spacial score (nSPS) is 13.4. The van der Waals surface area contributed by atoms with Gasteiger partial charge in [0.2, 0.25) is 5.96 Å². The smallest absolute Gasteiger partial charge is 0.208 e. The highest BCUT2D eigenvalue weighted by Crippen LogP contribution is 2.41. The average molecular weight is 585 g/mol. The number of thiophene rings is 1. The lowest BCUT2D eigenvalue weighted by Gasteiger charge is -2.18. The maximum absolute atomic E-state index is 5.01. The molecule has 44 heavy (non-hydrogen) atoms. The monoisotopic (exact) mass is 584 g/mol. The third-order valence-electron chi connectivity index (χ3n) is 8.16. The standard InChI is InChI=1S/C37H24N6S/c1-3-11-23(12-4-1)34-40-35(24-13-5-2-6-14-24)42-36(41-34)25-21-38-37(39-22-25)43-30-17-9-7-15-26(30)28-19-20-29-27-16-8-10-18-31(27)44-33(29)32(28)43/h1-21H,22H2,(H,38,39). The Kier molecular flexibility index (Phi) is 5.64. The van der Waals surface area contributed by atoms with Gasteiger partial charge in [0, 0.05) is 55.7 Å². The van der Waals surface area contributed by atoms with Crippen LogP contribution in [0.25, 0.3) is 70.3 Å². The van der Waals surface area contributed by atoms with Crippen LogP contribution in [0.4, 0.5) is 0 Å². The maximum Gasteiger partial charge on any atom is 0.208 e. The molecule has 0 atom stereocenters. The number of hydrogen-bond donors (Lipinski definition) is 1. The first kappa shape index (κ1) is 24.9. The van der Waals surface area contributed by atoms with Gasteiger partial charge in [-0.3, -0.25) is 4.57 Å². The second-order valence-electron chi connectivity index (χ2n) is 10.8. The van der Waals surface area contributed by atoms with Crippen LogP contribution in [0.15, 0.2) is 133 Å². The Hall–Kier alpha value is -5.66. The molecule has 0 saturated carbocycles. The van der Waals surface area contributed by atoms with Crippen LogP contribution in [-0.4, -0.2) is 32.0 Å². The summed E-state index contributed by atoms with van der Waals surface area (Å²) < 4.78 is 4.82. The largest absolute Gasteiger partial charge is 0.351 e. The zero-order chi connectivity index (χ0) is 29.0. The number of benzene rings is 5. The van der Waals surface area contributed by atoms with Crippen LogP contribution >= 0.6 is 11.3 Å². The molecule has 0 spiro atoms. The molecular formula is C37H24N6S. The van der Waals surface area contributed by atoms with E-state index in [1.807, 2.05) is 78.2 Å². The first-order valence-corrected chi connectivity index (χ1v) is 15.4. The summed E-state index contributed by atoms with van der Waals surface area (Å²) in [4.78, 5) is 19.6. The number of aliphatic imine (C=N–C) groups is 1. The Balaban J connectivity index is 1.22. The van der Waals surface area contributed by atoms with E-state index in [1.54, 1.807) is 0 Å². The summed E-state index contributed by atoms with van der Waals surface area (Å²) in [6, 6.07) is 41.8. The Morgan fingerprint density at radius 1 is 0.568 bits per heavy atom. The van der Waals surface area contributed by atoms with Gasteiger partial charge in [-0.15, -0.1) is 11.3 Å². The summed E-state index contributed by atoms with van der Waals surface area (Å²) in [5.41, 5.74) is 5.08. The molecular weight excluding hydrogens is 561 g/mol. The van der Waals surface area contributed by atoms with E-state index >= 15 is 0 Å². The van der Waals surface area contributed by atoms with E-state index in [-0.39, 0.29) is 0 Å². The van der Waals surface area contributed by atoms with E-state index in [2.05, 4.69) is 70.5 Å². The van der Waals surface area contributed by atoms with Crippen molar-refractivity contribution in [3.8, 4) is 22.8 Å². The molecule has 1 aliphatic heterocycles. The molecule has 7 heteroatoms. The Morgan fingerprint density at radius 2 is 1.18 bits per heavy atom. The minimum atomic E-state index is 0.529. The highest BCUT2D eigenvalue weighted by Gasteiger charge is 2.22. The fourth-order valence-electron chi connectivity index (χ4n) is 6.08. The quantitative estimate of drug-likeness (QED) is 0.226. The van der Waals surface area contributed by atoms with Gasteiger partial charge >= 0.3 is 0 Å². The van der Waals surface area contributed by atoms with Gasteiger partial charge in [-0.2, -0.15) is 0 Å². The minimum Gasteiger partial charge on any atom is -0.351 e. The fourth-order valence-corrected chi connectivity index (χ4v) is 7.32. The molecule has 208 valence electrons. The topological polar surface area (TPSA) is 68.0 Å². The molecule has 3 aromatic heterocycles. The molecule has 5 aromatic carbocycles. The Labute approximate surface area is 256 Å². The summed E-state index contributed by atoms with van der Waals surface area (Å²) in [6.07, 6.45) is 1.90. The van der Waals surface area contributed by atoms with Gasteiger partial charge in [-0.1, -0.05) is 109 Å². The first-order chi connectivity index (χ1) is 21.8. The van der Waals surface area contributed by atoms with Gasteiger partial charge in [-0.05, 0) is 12.1 Å².